The van der Waals surface area contributed by atoms with Crippen molar-refractivity contribution in [3.63, 3.8) is 0 Å². The Morgan fingerprint density at radius 3 is 2.88 bits per heavy atom. The van der Waals surface area contributed by atoms with E-state index in [1.165, 1.54) is 0 Å². The SMILES string of the molecule is O=C(O)c1cc(=O)n(C[C@@H]2CCCO2)c(=O)[nH]1. The highest BCUT2D eigenvalue weighted by Crippen LogP contribution is 2.12. The maximum atomic E-state index is 11.6. The van der Waals surface area contributed by atoms with Crippen LogP contribution in [0.1, 0.15) is 23.3 Å². The molecule has 1 fully saturated rings. The van der Waals surface area contributed by atoms with E-state index in [9.17, 15) is 14.4 Å². The molecule has 1 atom stereocenters. The Balaban J connectivity index is 2.31. The van der Waals surface area contributed by atoms with Crippen molar-refractivity contribution in [2.45, 2.75) is 25.5 Å². The molecule has 92 valence electrons. The van der Waals surface area contributed by atoms with Gasteiger partial charge in [0.25, 0.3) is 5.56 Å². The van der Waals surface area contributed by atoms with Crippen LogP contribution in [-0.2, 0) is 11.3 Å². The fourth-order valence-electron chi connectivity index (χ4n) is 1.80. The first kappa shape index (κ1) is 11.6. The van der Waals surface area contributed by atoms with Gasteiger partial charge in [0.1, 0.15) is 5.69 Å². The summed E-state index contributed by atoms with van der Waals surface area (Å²) < 4.78 is 6.28. The standard InChI is InChI=1S/C10H12N2O5/c13-8-4-7(9(14)15)11-10(16)12(8)5-6-2-1-3-17-6/h4,6H,1-3,5H2,(H,11,16)(H,14,15)/t6-/m0/s1. The van der Waals surface area contributed by atoms with Crippen molar-refractivity contribution >= 4 is 5.97 Å². The molecule has 0 spiro atoms. The first-order chi connectivity index (χ1) is 8.08. The van der Waals surface area contributed by atoms with Gasteiger partial charge in [-0.25, -0.2) is 9.59 Å². The van der Waals surface area contributed by atoms with Gasteiger partial charge < -0.3 is 14.8 Å². The molecule has 0 aromatic carbocycles. The minimum Gasteiger partial charge on any atom is -0.477 e. The van der Waals surface area contributed by atoms with Crippen LogP contribution in [0, 0.1) is 0 Å². The third kappa shape index (κ3) is 2.44. The van der Waals surface area contributed by atoms with Gasteiger partial charge in [-0.2, -0.15) is 0 Å². The van der Waals surface area contributed by atoms with E-state index in [4.69, 9.17) is 9.84 Å². The molecule has 1 saturated heterocycles. The average molecular weight is 240 g/mol. The van der Waals surface area contributed by atoms with Crippen LogP contribution in [0.4, 0.5) is 0 Å². The van der Waals surface area contributed by atoms with E-state index in [1.54, 1.807) is 0 Å². The quantitative estimate of drug-likeness (QED) is 0.735. The van der Waals surface area contributed by atoms with Crippen molar-refractivity contribution < 1.29 is 14.6 Å². The van der Waals surface area contributed by atoms with Crippen LogP contribution in [0.2, 0.25) is 0 Å². The van der Waals surface area contributed by atoms with Crippen molar-refractivity contribution in [3.05, 3.63) is 32.6 Å². The number of aromatic amines is 1. The molecule has 0 aliphatic carbocycles. The Kier molecular flexibility index (Phi) is 3.10. The Morgan fingerprint density at radius 2 is 2.35 bits per heavy atom. The van der Waals surface area contributed by atoms with Gasteiger partial charge in [0.15, 0.2) is 0 Å². The molecule has 1 aliphatic rings. The topological polar surface area (TPSA) is 101 Å². The second-order valence-corrected chi connectivity index (χ2v) is 3.88. The lowest BCUT2D eigenvalue weighted by molar-refractivity contribution is 0.0688. The number of carboxylic acid groups (broad SMARTS) is 1. The highest BCUT2D eigenvalue weighted by atomic mass is 16.5. The van der Waals surface area contributed by atoms with Gasteiger partial charge in [0.05, 0.1) is 12.6 Å². The largest absolute Gasteiger partial charge is 0.477 e. The molecule has 0 radical (unpaired) electrons. The van der Waals surface area contributed by atoms with Gasteiger partial charge in [-0.05, 0) is 12.8 Å². The summed E-state index contributed by atoms with van der Waals surface area (Å²) in [7, 11) is 0. The fraction of sp³-hybridized carbons (Fsp3) is 0.500. The summed E-state index contributed by atoms with van der Waals surface area (Å²) in [5, 5.41) is 8.67. The number of hydrogen-bond acceptors (Lipinski definition) is 4. The summed E-state index contributed by atoms with van der Waals surface area (Å²) in [6.07, 6.45) is 1.56. The van der Waals surface area contributed by atoms with Gasteiger partial charge in [-0.1, -0.05) is 0 Å². The molecular weight excluding hydrogens is 228 g/mol. The summed E-state index contributed by atoms with van der Waals surface area (Å²) in [6, 6.07) is 0.901. The Bertz CT molecular complexity index is 507. The van der Waals surface area contributed by atoms with E-state index in [1.807, 2.05) is 0 Å². The minimum absolute atomic E-state index is 0.149. The summed E-state index contributed by atoms with van der Waals surface area (Å²) in [6.45, 7) is 0.790. The average Bonchev–Trinajstić information content (AvgIpc) is 2.75. The van der Waals surface area contributed by atoms with Crippen LogP contribution in [0.5, 0.6) is 0 Å². The van der Waals surface area contributed by atoms with Crippen molar-refractivity contribution in [3.8, 4) is 0 Å². The number of aromatic nitrogens is 2. The van der Waals surface area contributed by atoms with Gasteiger partial charge in [-0.3, -0.25) is 9.36 Å². The predicted octanol–water partition coefficient (Wildman–Crippen LogP) is -0.586. The van der Waals surface area contributed by atoms with Crippen molar-refractivity contribution in [1.29, 1.82) is 0 Å². The first-order valence-electron chi connectivity index (χ1n) is 5.27. The third-order valence-corrected chi connectivity index (χ3v) is 2.66. The molecule has 7 nitrogen and oxygen atoms in total. The van der Waals surface area contributed by atoms with E-state index in [0.29, 0.717) is 6.61 Å². The number of aromatic carboxylic acids is 1. The summed E-state index contributed by atoms with van der Waals surface area (Å²) >= 11 is 0. The van der Waals surface area contributed by atoms with Crippen LogP contribution in [0.15, 0.2) is 15.7 Å². The molecule has 2 heterocycles. The maximum Gasteiger partial charge on any atom is 0.352 e. The van der Waals surface area contributed by atoms with Gasteiger partial charge in [-0.15, -0.1) is 0 Å². The van der Waals surface area contributed by atoms with Crippen molar-refractivity contribution in [1.82, 2.24) is 9.55 Å². The minimum atomic E-state index is -1.33. The maximum absolute atomic E-state index is 11.6. The summed E-state index contributed by atoms with van der Waals surface area (Å²) in [5.74, 6) is -1.33. The second-order valence-electron chi connectivity index (χ2n) is 3.88. The smallest absolute Gasteiger partial charge is 0.352 e. The lowest BCUT2D eigenvalue weighted by Gasteiger charge is -2.10. The molecule has 1 aromatic heterocycles. The van der Waals surface area contributed by atoms with Crippen LogP contribution in [0.25, 0.3) is 0 Å². The number of hydrogen-bond donors (Lipinski definition) is 2. The van der Waals surface area contributed by atoms with Gasteiger partial charge >= 0.3 is 11.7 Å². The van der Waals surface area contributed by atoms with Crippen LogP contribution >= 0.6 is 0 Å². The Hall–Kier alpha value is -1.89. The molecule has 17 heavy (non-hydrogen) atoms. The van der Waals surface area contributed by atoms with E-state index in [2.05, 4.69) is 4.98 Å². The normalized spacial score (nSPS) is 19.4. The molecule has 1 aliphatic heterocycles. The predicted molar refractivity (Wildman–Crippen MR) is 57.3 cm³/mol. The van der Waals surface area contributed by atoms with E-state index < -0.39 is 22.9 Å². The van der Waals surface area contributed by atoms with E-state index >= 15 is 0 Å². The molecule has 1 aromatic rings. The summed E-state index contributed by atoms with van der Waals surface area (Å²) in [4.78, 5) is 35.9. The van der Waals surface area contributed by atoms with Crippen LogP contribution in [0.3, 0.4) is 0 Å². The lowest BCUT2D eigenvalue weighted by Crippen LogP contribution is -2.39. The molecule has 2 rings (SSSR count). The molecule has 2 N–H and O–H groups in total. The van der Waals surface area contributed by atoms with Crippen molar-refractivity contribution in [2.75, 3.05) is 6.61 Å². The Morgan fingerprint density at radius 1 is 1.59 bits per heavy atom. The van der Waals surface area contributed by atoms with Gasteiger partial charge in [0.2, 0.25) is 0 Å². The molecule has 0 saturated carbocycles. The zero-order valence-corrected chi connectivity index (χ0v) is 9.01. The highest BCUT2D eigenvalue weighted by Gasteiger charge is 2.18. The number of carbonyl (C=O) groups is 1. The Labute approximate surface area is 95.7 Å². The molecular formula is C10H12N2O5. The number of nitrogens with zero attached hydrogens (tertiary/aromatic N) is 1. The third-order valence-electron chi connectivity index (χ3n) is 2.66. The zero-order valence-electron chi connectivity index (χ0n) is 9.01. The number of H-pyrrole nitrogens is 1. The van der Waals surface area contributed by atoms with Gasteiger partial charge in [0, 0.05) is 12.7 Å². The number of ether oxygens (including phenoxy) is 1. The molecule has 0 amide bonds. The van der Waals surface area contributed by atoms with E-state index in [0.717, 1.165) is 23.5 Å². The summed E-state index contributed by atoms with van der Waals surface area (Å²) in [5.41, 5.74) is -1.74. The van der Waals surface area contributed by atoms with E-state index in [-0.39, 0.29) is 12.6 Å². The lowest BCUT2D eigenvalue weighted by atomic mass is 10.2. The monoisotopic (exact) mass is 240 g/mol. The first-order valence-corrected chi connectivity index (χ1v) is 5.27. The fourth-order valence-corrected chi connectivity index (χ4v) is 1.80. The van der Waals surface area contributed by atoms with Crippen LogP contribution in [-0.4, -0.2) is 33.3 Å². The number of rotatable bonds is 3. The number of carboxylic acids is 1. The van der Waals surface area contributed by atoms with Crippen LogP contribution < -0.4 is 11.2 Å². The van der Waals surface area contributed by atoms with Crippen molar-refractivity contribution in [2.24, 2.45) is 0 Å². The second kappa shape index (κ2) is 4.54. The molecule has 7 heteroatoms. The molecule has 0 unspecified atom stereocenters. The zero-order chi connectivity index (χ0) is 12.4. The molecule has 0 bridgehead atoms. The highest BCUT2D eigenvalue weighted by molar-refractivity contribution is 5.84. The number of nitrogens with one attached hydrogen (secondary N) is 1.